The Morgan fingerprint density at radius 2 is 2.29 bits per heavy atom. The molecule has 1 atom stereocenters. The Kier molecular flexibility index (Phi) is 4.62. The van der Waals surface area contributed by atoms with E-state index in [4.69, 9.17) is 22.7 Å². The number of nitrogens with zero attached hydrogens (tertiary/aromatic N) is 2. The maximum Gasteiger partial charge on any atom is 0.245 e. The fourth-order valence-electron chi connectivity index (χ4n) is 2.46. The topological polar surface area (TPSA) is 85.5 Å². The van der Waals surface area contributed by atoms with Gasteiger partial charge in [0.25, 0.3) is 0 Å². The van der Waals surface area contributed by atoms with E-state index in [0.717, 1.165) is 12.8 Å². The second-order valence-corrected chi connectivity index (χ2v) is 7.66. The van der Waals surface area contributed by atoms with Crippen molar-refractivity contribution in [3.8, 4) is 0 Å². The summed E-state index contributed by atoms with van der Waals surface area (Å²) in [7, 11) is -2.10. The van der Waals surface area contributed by atoms with Crippen molar-refractivity contribution in [2.24, 2.45) is 5.73 Å². The molecule has 8 heteroatoms. The van der Waals surface area contributed by atoms with Crippen molar-refractivity contribution in [1.82, 2.24) is 9.29 Å². The van der Waals surface area contributed by atoms with Crippen molar-refractivity contribution in [1.29, 1.82) is 0 Å². The molecule has 0 spiro atoms. The Labute approximate surface area is 130 Å². The molecule has 0 aliphatic carbocycles. The third-order valence-corrected chi connectivity index (χ3v) is 5.81. The van der Waals surface area contributed by atoms with Crippen LogP contribution in [0.5, 0.6) is 0 Å². The minimum atomic E-state index is -3.70. The quantitative estimate of drug-likeness (QED) is 0.826. The summed E-state index contributed by atoms with van der Waals surface area (Å²) in [5.41, 5.74) is 5.24. The van der Waals surface area contributed by atoms with Gasteiger partial charge in [0.1, 0.15) is 15.6 Å². The van der Waals surface area contributed by atoms with Crippen LogP contribution in [0, 0.1) is 0 Å². The molecular formula is C13H19N3O3S2. The Morgan fingerprint density at radius 1 is 1.57 bits per heavy atom. The highest BCUT2D eigenvalue weighted by molar-refractivity contribution is 7.89. The van der Waals surface area contributed by atoms with Gasteiger partial charge in [-0.3, -0.25) is 4.98 Å². The molecule has 0 aromatic carbocycles. The average molecular weight is 329 g/mol. The molecule has 1 fully saturated rings. The van der Waals surface area contributed by atoms with Gasteiger partial charge in [0.2, 0.25) is 10.0 Å². The first-order chi connectivity index (χ1) is 9.80. The largest absolute Gasteiger partial charge is 0.388 e. The molecule has 2 N–H and O–H groups in total. The number of piperidine rings is 1. The Balaban J connectivity index is 2.41. The predicted molar refractivity (Wildman–Crippen MR) is 83.5 cm³/mol. The summed E-state index contributed by atoms with van der Waals surface area (Å²) in [5.74, 6) is 0. The van der Waals surface area contributed by atoms with Crippen LogP contribution in [0.1, 0.15) is 25.5 Å². The van der Waals surface area contributed by atoms with Crippen LogP contribution in [0.2, 0.25) is 0 Å². The zero-order valence-corrected chi connectivity index (χ0v) is 13.7. The summed E-state index contributed by atoms with van der Waals surface area (Å²) in [6, 6.07) is 3.05. The number of sulfonamides is 1. The van der Waals surface area contributed by atoms with Crippen LogP contribution in [-0.2, 0) is 14.8 Å². The molecule has 0 saturated carbocycles. The second kappa shape index (κ2) is 5.96. The molecule has 6 nitrogen and oxygen atoms in total. The van der Waals surface area contributed by atoms with Crippen LogP contribution >= 0.6 is 12.2 Å². The summed E-state index contributed by atoms with van der Waals surface area (Å²) in [4.78, 5) is 4.02. The van der Waals surface area contributed by atoms with Crippen LogP contribution in [0.15, 0.2) is 23.2 Å². The summed E-state index contributed by atoms with van der Waals surface area (Å²) < 4.78 is 32.5. The zero-order chi connectivity index (χ0) is 15.7. The average Bonchev–Trinajstić information content (AvgIpc) is 2.47. The van der Waals surface area contributed by atoms with E-state index in [1.807, 2.05) is 6.92 Å². The third-order valence-electron chi connectivity index (χ3n) is 3.74. The van der Waals surface area contributed by atoms with Gasteiger partial charge in [-0.1, -0.05) is 12.2 Å². The maximum absolute atomic E-state index is 12.8. The van der Waals surface area contributed by atoms with Crippen molar-refractivity contribution in [3.05, 3.63) is 24.0 Å². The number of pyridine rings is 1. The molecule has 0 radical (unpaired) electrons. The second-order valence-electron chi connectivity index (χ2n) is 5.31. The third kappa shape index (κ3) is 3.23. The lowest BCUT2D eigenvalue weighted by molar-refractivity contribution is -0.0319. The van der Waals surface area contributed by atoms with Gasteiger partial charge in [-0.15, -0.1) is 0 Å². The lowest BCUT2D eigenvalue weighted by atomic mass is 9.96. The molecule has 1 aliphatic heterocycles. The van der Waals surface area contributed by atoms with E-state index in [0.29, 0.717) is 13.1 Å². The van der Waals surface area contributed by atoms with Crippen LogP contribution in [0.4, 0.5) is 0 Å². The van der Waals surface area contributed by atoms with Gasteiger partial charge in [-0.2, -0.15) is 4.31 Å². The highest BCUT2D eigenvalue weighted by atomic mass is 32.2. The van der Waals surface area contributed by atoms with Crippen LogP contribution < -0.4 is 5.73 Å². The van der Waals surface area contributed by atoms with E-state index < -0.39 is 15.6 Å². The van der Waals surface area contributed by atoms with Gasteiger partial charge in [-0.05, 0) is 31.9 Å². The molecule has 116 valence electrons. The minimum absolute atomic E-state index is 0.0271. The molecule has 0 bridgehead atoms. The van der Waals surface area contributed by atoms with E-state index in [-0.39, 0.29) is 15.6 Å². The van der Waals surface area contributed by atoms with E-state index in [2.05, 4.69) is 4.98 Å². The fourth-order valence-corrected chi connectivity index (χ4v) is 4.43. The van der Waals surface area contributed by atoms with Crippen molar-refractivity contribution < 1.29 is 13.2 Å². The van der Waals surface area contributed by atoms with E-state index in [1.54, 1.807) is 13.2 Å². The fraction of sp³-hybridized carbons (Fsp3) is 0.538. The SMILES string of the molecule is COC1(C)CCCN(S(=O)(=O)c2cccnc2C(N)=S)C1. The van der Waals surface area contributed by atoms with Crippen LogP contribution in [0.25, 0.3) is 0 Å². The van der Waals surface area contributed by atoms with Crippen LogP contribution in [0.3, 0.4) is 0 Å². The molecule has 0 amide bonds. The first-order valence-corrected chi connectivity index (χ1v) is 8.45. The van der Waals surface area contributed by atoms with Crippen molar-refractivity contribution >= 4 is 27.2 Å². The van der Waals surface area contributed by atoms with Crippen molar-refractivity contribution in [2.75, 3.05) is 20.2 Å². The number of aromatic nitrogens is 1. The first kappa shape index (κ1) is 16.3. The molecule has 21 heavy (non-hydrogen) atoms. The van der Waals surface area contributed by atoms with E-state index in [9.17, 15) is 8.42 Å². The van der Waals surface area contributed by atoms with E-state index >= 15 is 0 Å². The summed E-state index contributed by atoms with van der Waals surface area (Å²) in [6.45, 7) is 2.66. The molecular weight excluding hydrogens is 310 g/mol. The highest BCUT2D eigenvalue weighted by Gasteiger charge is 2.38. The predicted octanol–water partition coefficient (Wildman–Crippen LogP) is 0.905. The van der Waals surface area contributed by atoms with Crippen LogP contribution in [-0.4, -0.2) is 48.5 Å². The Hall–Kier alpha value is -1.09. The number of ether oxygens (including phenoxy) is 1. The highest BCUT2D eigenvalue weighted by Crippen LogP contribution is 2.29. The summed E-state index contributed by atoms with van der Waals surface area (Å²) in [6.07, 6.45) is 3.04. The summed E-state index contributed by atoms with van der Waals surface area (Å²) >= 11 is 4.90. The van der Waals surface area contributed by atoms with Gasteiger partial charge in [-0.25, -0.2) is 8.42 Å². The number of rotatable bonds is 4. The molecule has 2 rings (SSSR count). The van der Waals surface area contributed by atoms with Crippen molar-refractivity contribution in [3.63, 3.8) is 0 Å². The number of methoxy groups -OCH3 is 1. The van der Waals surface area contributed by atoms with Gasteiger partial charge in [0.05, 0.1) is 5.60 Å². The normalized spacial score (nSPS) is 23.9. The molecule has 1 unspecified atom stereocenters. The minimum Gasteiger partial charge on any atom is -0.388 e. The number of thiocarbonyl (C=S) groups is 1. The molecule has 1 aromatic heterocycles. The maximum atomic E-state index is 12.8. The lowest BCUT2D eigenvalue weighted by Crippen LogP contribution is -2.49. The molecule has 1 aliphatic rings. The zero-order valence-electron chi connectivity index (χ0n) is 12.1. The Morgan fingerprint density at radius 3 is 2.90 bits per heavy atom. The van der Waals surface area contributed by atoms with E-state index in [1.165, 1.54) is 16.6 Å². The van der Waals surface area contributed by atoms with Gasteiger partial charge < -0.3 is 10.5 Å². The van der Waals surface area contributed by atoms with Gasteiger partial charge in [0.15, 0.2) is 0 Å². The molecule has 2 heterocycles. The Bertz CT molecular complexity index is 648. The summed E-state index contributed by atoms with van der Waals surface area (Å²) in [5, 5.41) is 0. The smallest absolute Gasteiger partial charge is 0.245 e. The van der Waals surface area contributed by atoms with Gasteiger partial charge in [0, 0.05) is 26.4 Å². The lowest BCUT2D eigenvalue weighted by Gasteiger charge is -2.38. The molecule has 1 aromatic rings. The monoisotopic (exact) mass is 329 g/mol. The van der Waals surface area contributed by atoms with Crippen molar-refractivity contribution in [2.45, 2.75) is 30.3 Å². The van der Waals surface area contributed by atoms with Gasteiger partial charge >= 0.3 is 0 Å². The standard InChI is InChI=1S/C13H19N3O3S2/c1-13(19-2)6-4-8-16(9-13)21(17,18)10-5-3-7-15-11(10)12(14)20/h3,5,7H,4,6,8-9H2,1-2H3,(H2,14,20). The first-order valence-electron chi connectivity index (χ1n) is 6.60. The number of nitrogens with two attached hydrogens (primary N) is 1. The molecule has 1 saturated heterocycles. The number of hydrogen-bond donors (Lipinski definition) is 1. The number of hydrogen-bond acceptors (Lipinski definition) is 5.